The first-order valence-corrected chi connectivity index (χ1v) is 3.57. The zero-order valence-corrected chi connectivity index (χ0v) is 4.82. The molecule has 0 aliphatic carbocycles. The van der Waals surface area contributed by atoms with Gasteiger partial charge in [0.1, 0.15) is 7.80 Å². The van der Waals surface area contributed by atoms with Gasteiger partial charge in [-0.05, 0) is 6.66 Å². The Balaban J connectivity index is 3.57. The van der Waals surface area contributed by atoms with Crippen LogP contribution in [0.2, 0.25) is 0 Å². The molecule has 0 heterocycles. The van der Waals surface area contributed by atoms with Gasteiger partial charge in [-0.15, -0.1) is 0 Å². The molecule has 0 aromatic rings. The minimum atomic E-state index is -1.84. The largest absolute Gasteiger partial charge is 0.319 e. The van der Waals surface area contributed by atoms with E-state index in [1.807, 2.05) is 0 Å². The van der Waals surface area contributed by atoms with E-state index in [0.717, 1.165) is 0 Å². The van der Waals surface area contributed by atoms with Crippen LogP contribution < -0.4 is 0 Å². The molecule has 0 rings (SSSR count). The van der Waals surface area contributed by atoms with Gasteiger partial charge in [-0.1, -0.05) is 0 Å². The summed E-state index contributed by atoms with van der Waals surface area (Å²) in [7, 11) is -1.84. The van der Waals surface area contributed by atoms with Crippen molar-refractivity contribution in [2.75, 3.05) is 6.66 Å². The summed E-state index contributed by atoms with van der Waals surface area (Å²) >= 11 is 0. The molecule has 2 nitrogen and oxygen atoms in total. The van der Waals surface area contributed by atoms with Crippen molar-refractivity contribution in [1.82, 2.24) is 0 Å². The van der Waals surface area contributed by atoms with Crippen molar-refractivity contribution >= 4 is 13.3 Å². The minimum absolute atomic E-state index is 0.194. The molecule has 0 radical (unpaired) electrons. The summed E-state index contributed by atoms with van der Waals surface area (Å²) in [4.78, 5) is 9.88. The molecular weight excluding hydrogens is 99.0 g/mol. The molecule has 36 valence electrons. The highest BCUT2D eigenvalue weighted by molar-refractivity contribution is 7.62. The van der Waals surface area contributed by atoms with E-state index < -0.39 is 7.80 Å². The molecule has 3 heteroatoms. The molecule has 0 amide bonds. The fourth-order valence-electron chi connectivity index (χ4n) is 0. The number of hydrogen-bond acceptors (Lipinski definition) is 2. The van der Waals surface area contributed by atoms with Crippen LogP contribution in [-0.4, -0.2) is 12.2 Å². The summed E-state index contributed by atoms with van der Waals surface area (Å²) in [5.74, 6) is 0. The summed E-state index contributed by atoms with van der Waals surface area (Å²) in [5, 5.41) is 0. The maximum absolute atomic E-state index is 9.98. The van der Waals surface area contributed by atoms with Crippen LogP contribution in [0.4, 0.5) is 0 Å². The second kappa shape index (κ2) is 2.14. The smallest absolute Gasteiger partial charge is 0.185 e. The third-order valence-corrected chi connectivity index (χ3v) is 1.49. The zero-order valence-electron chi connectivity index (χ0n) is 3.82. The lowest BCUT2D eigenvalue weighted by Gasteiger charge is -1.75. The standard InChI is InChI=1S/C3H7O2P/c1-3(4)6(2)5/h6H,1-2H3. The SMILES string of the molecule is CC(=O)[PH](C)=O. The number of rotatable bonds is 1. The summed E-state index contributed by atoms with van der Waals surface area (Å²) in [6.45, 7) is 2.77. The van der Waals surface area contributed by atoms with Gasteiger partial charge in [-0.3, -0.25) is 4.79 Å². The van der Waals surface area contributed by atoms with Crippen molar-refractivity contribution in [3.05, 3.63) is 0 Å². The molecule has 0 saturated carbocycles. The Bertz CT molecular complexity index is 74.8. The van der Waals surface area contributed by atoms with Crippen molar-refractivity contribution in [2.24, 2.45) is 0 Å². The molecule has 0 bridgehead atoms. The van der Waals surface area contributed by atoms with Crippen molar-refractivity contribution in [3.8, 4) is 0 Å². The first kappa shape index (κ1) is 5.90. The van der Waals surface area contributed by atoms with Crippen molar-refractivity contribution in [2.45, 2.75) is 6.92 Å². The van der Waals surface area contributed by atoms with Gasteiger partial charge in [-0.25, -0.2) is 0 Å². The molecule has 0 aromatic heterocycles. The molecule has 0 fully saturated rings. The molecule has 0 aliphatic heterocycles. The minimum Gasteiger partial charge on any atom is -0.319 e. The lowest BCUT2D eigenvalue weighted by molar-refractivity contribution is -0.109. The quantitative estimate of drug-likeness (QED) is 0.461. The first-order chi connectivity index (χ1) is 2.64. The molecule has 0 saturated heterocycles. The normalized spacial score (nSPS) is 13.7. The molecule has 0 N–H and O–H groups in total. The summed E-state index contributed by atoms with van der Waals surface area (Å²) in [5.41, 5.74) is -0.194. The Labute approximate surface area is 37.3 Å². The second-order valence-electron chi connectivity index (χ2n) is 1.11. The van der Waals surface area contributed by atoms with Gasteiger partial charge >= 0.3 is 0 Å². The van der Waals surface area contributed by atoms with Gasteiger partial charge in [-0.2, -0.15) is 0 Å². The molecule has 0 spiro atoms. The van der Waals surface area contributed by atoms with Crippen molar-refractivity contribution < 1.29 is 9.36 Å². The maximum atomic E-state index is 9.98. The van der Waals surface area contributed by atoms with Crippen LogP contribution in [0.25, 0.3) is 0 Å². The van der Waals surface area contributed by atoms with Gasteiger partial charge in [0.25, 0.3) is 0 Å². The highest BCUT2D eigenvalue weighted by Gasteiger charge is 1.91. The van der Waals surface area contributed by atoms with E-state index in [4.69, 9.17) is 0 Å². The molecule has 6 heavy (non-hydrogen) atoms. The fraction of sp³-hybridized carbons (Fsp3) is 0.667. The Morgan fingerprint density at radius 2 is 1.83 bits per heavy atom. The Kier molecular flexibility index (Phi) is 2.11. The predicted octanol–water partition coefficient (Wildman–Crippen LogP) is 0.722. The molecule has 1 atom stereocenters. The van der Waals surface area contributed by atoms with Crippen LogP contribution >= 0.6 is 7.80 Å². The van der Waals surface area contributed by atoms with Crippen LogP contribution in [0.15, 0.2) is 0 Å². The topological polar surface area (TPSA) is 34.1 Å². The first-order valence-electron chi connectivity index (χ1n) is 1.66. The van der Waals surface area contributed by atoms with E-state index >= 15 is 0 Å². The summed E-state index contributed by atoms with van der Waals surface area (Å²) < 4.78 is 9.98. The lowest BCUT2D eigenvalue weighted by atomic mass is 10.9. The molecule has 0 aromatic carbocycles. The van der Waals surface area contributed by atoms with Crippen LogP contribution in [0.3, 0.4) is 0 Å². The molecule has 1 unspecified atom stereocenters. The van der Waals surface area contributed by atoms with Crippen LogP contribution in [0.5, 0.6) is 0 Å². The predicted molar refractivity (Wildman–Crippen MR) is 25.6 cm³/mol. The Morgan fingerprint density at radius 1 is 1.67 bits per heavy atom. The number of carbonyl (C=O) groups excluding carboxylic acids is 1. The van der Waals surface area contributed by atoms with Gasteiger partial charge in [0.05, 0.1) is 0 Å². The second-order valence-corrected chi connectivity index (χ2v) is 2.93. The third-order valence-electron chi connectivity index (χ3n) is 0.496. The number of carbonyl (C=O) groups is 1. The molecular formula is C3H7O2P. The highest BCUT2D eigenvalue weighted by atomic mass is 31.1. The van der Waals surface area contributed by atoms with Crippen LogP contribution in [0, 0.1) is 0 Å². The van der Waals surface area contributed by atoms with E-state index in [9.17, 15) is 9.36 Å². The summed E-state index contributed by atoms with van der Waals surface area (Å²) in [6.07, 6.45) is 0. The third kappa shape index (κ3) is 2.16. The maximum Gasteiger partial charge on any atom is 0.185 e. The van der Waals surface area contributed by atoms with E-state index in [1.54, 1.807) is 0 Å². The van der Waals surface area contributed by atoms with Gasteiger partial charge in [0.2, 0.25) is 0 Å². The summed E-state index contributed by atoms with van der Waals surface area (Å²) in [6, 6.07) is 0. The van der Waals surface area contributed by atoms with Gasteiger partial charge in [0.15, 0.2) is 5.52 Å². The van der Waals surface area contributed by atoms with E-state index in [0.29, 0.717) is 0 Å². The number of hydrogen-bond donors (Lipinski definition) is 0. The van der Waals surface area contributed by atoms with Crippen molar-refractivity contribution in [3.63, 3.8) is 0 Å². The average Bonchev–Trinajstić information content (AvgIpc) is 1.36. The Morgan fingerprint density at radius 3 is 1.83 bits per heavy atom. The van der Waals surface area contributed by atoms with Crippen LogP contribution in [0.1, 0.15) is 6.92 Å². The lowest BCUT2D eigenvalue weighted by Crippen LogP contribution is -1.74. The average molecular weight is 106 g/mol. The highest BCUT2D eigenvalue weighted by Crippen LogP contribution is 2.12. The van der Waals surface area contributed by atoms with Crippen molar-refractivity contribution in [1.29, 1.82) is 0 Å². The zero-order chi connectivity index (χ0) is 5.15. The van der Waals surface area contributed by atoms with E-state index in [1.165, 1.54) is 13.6 Å². The van der Waals surface area contributed by atoms with Crippen LogP contribution in [-0.2, 0) is 9.36 Å². The van der Waals surface area contributed by atoms with E-state index in [-0.39, 0.29) is 5.52 Å². The fourth-order valence-corrected chi connectivity index (χ4v) is 0. The monoisotopic (exact) mass is 106 g/mol. The van der Waals surface area contributed by atoms with Gasteiger partial charge < -0.3 is 4.57 Å². The Hall–Kier alpha value is -0.100. The molecule has 0 aliphatic rings. The van der Waals surface area contributed by atoms with E-state index in [2.05, 4.69) is 0 Å². The van der Waals surface area contributed by atoms with Gasteiger partial charge in [0, 0.05) is 6.92 Å².